The normalized spacial score (nSPS) is 10.6. The first kappa shape index (κ1) is 11.4. The summed E-state index contributed by atoms with van der Waals surface area (Å²) in [5.41, 5.74) is 0.714. The van der Waals surface area contributed by atoms with Gasteiger partial charge in [-0.15, -0.1) is 0 Å². The summed E-state index contributed by atoms with van der Waals surface area (Å²) >= 11 is 0. The molecule has 4 nitrogen and oxygen atoms in total. The summed E-state index contributed by atoms with van der Waals surface area (Å²) in [5.74, 6) is -0.616. The second-order valence-electron chi connectivity index (χ2n) is 3.93. The number of carbonyl (C=O) groups is 1. The molecule has 0 atom stereocenters. The molecular formula is C14H9FN2O2. The van der Waals surface area contributed by atoms with Gasteiger partial charge in [0.15, 0.2) is 5.76 Å². The molecule has 1 N–H and O–H groups in total. The van der Waals surface area contributed by atoms with Gasteiger partial charge >= 0.3 is 0 Å². The number of fused-ring (bicyclic) bond motifs is 1. The molecule has 0 aliphatic carbocycles. The van der Waals surface area contributed by atoms with Crippen molar-refractivity contribution in [2.45, 2.75) is 0 Å². The van der Waals surface area contributed by atoms with Gasteiger partial charge < -0.3 is 9.73 Å². The van der Waals surface area contributed by atoms with Crippen molar-refractivity contribution in [3.63, 3.8) is 0 Å². The minimum Gasteiger partial charge on any atom is -0.459 e. The lowest BCUT2D eigenvalue weighted by molar-refractivity contribution is 0.0997. The van der Waals surface area contributed by atoms with Crippen molar-refractivity contribution in [3.05, 3.63) is 60.4 Å². The summed E-state index contributed by atoms with van der Waals surface area (Å²) in [7, 11) is 0. The van der Waals surface area contributed by atoms with Gasteiger partial charge in [-0.05, 0) is 24.3 Å². The SMILES string of the molecule is O=C(Nc1ccnc2c(F)cccc12)c1ccco1. The summed E-state index contributed by atoms with van der Waals surface area (Å²) in [6.45, 7) is 0. The molecule has 0 saturated heterocycles. The van der Waals surface area contributed by atoms with Crippen molar-refractivity contribution in [3.8, 4) is 0 Å². The highest BCUT2D eigenvalue weighted by Crippen LogP contribution is 2.23. The lowest BCUT2D eigenvalue weighted by Crippen LogP contribution is -2.11. The Labute approximate surface area is 107 Å². The number of amides is 1. The van der Waals surface area contributed by atoms with Gasteiger partial charge in [0.25, 0.3) is 5.91 Å². The Morgan fingerprint density at radius 1 is 1.21 bits per heavy atom. The predicted octanol–water partition coefficient (Wildman–Crippen LogP) is 3.22. The van der Waals surface area contributed by atoms with E-state index in [1.54, 1.807) is 30.3 Å². The number of aromatic nitrogens is 1. The van der Waals surface area contributed by atoms with E-state index in [1.807, 2.05) is 0 Å². The fraction of sp³-hybridized carbons (Fsp3) is 0. The second-order valence-corrected chi connectivity index (χ2v) is 3.93. The van der Waals surface area contributed by atoms with Gasteiger partial charge in [-0.3, -0.25) is 9.78 Å². The molecule has 19 heavy (non-hydrogen) atoms. The minimum atomic E-state index is -0.424. The molecule has 94 valence electrons. The van der Waals surface area contributed by atoms with Crippen LogP contribution >= 0.6 is 0 Å². The maximum absolute atomic E-state index is 13.6. The zero-order chi connectivity index (χ0) is 13.2. The number of rotatable bonds is 2. The number of benzene rings is 1. The molecule has 2 heterocycles. The monoisotopic (exact) mass is 256 g/mol. The summed E-state index contributed by atoms with van der Waals surface area (Å²) < 4.78 is 18.6. The Morgan fingerprint density at radius 3 is 2.89 bits per heavy atom. The Morgan fingerprint density at radius 2 is 2.11 bits per heavy atom. The number of carbonyl (C=O) groups excluding carboxylic acids is 1. The molecule has 0 unspecified atom stereocenters. The van der Waals surface area contributed by atoms with E-state index in [9.17, 15) is 9.18 Å². The van der Waals surface area contributed by atoms with Crippen molar-refractivity contribution in [1.29, 1.82) is 0 Å². The Balaban J connectivity index is 2.02. The first-order valence-electron chi connectivity index (χ1n) is 5.64. The van der Waals surface area contributed by atoms with Crippen LogP contribution in [0, 0.1) is 5.82 Å². The lowest BCUT2D eigenvalue weighted by atomic mass is 10.2. The number of hydrogen-bond donors (Lipinski definition) is 1. The lowest BCUT2D eigenvalue weighted by Gasteiger charge is -2.07. The molecule has 0 fully saturated rings. The van der Waals surface area contributed by atoms with E-state index in [4.69, 9.17) is 4.42 Å². The van der Waals surface area contributed by atoms with E-state index in [-0.39, 0.29) is 17.2 Å². The maximum Gasteiger partial charge on any atom is 0.291 e. The Kier molecular flexibility index (Phi) is 2.72. The van der Waals surface area contributed by atoms with Crippen LogP contribution in [-0.2, 0) is 0 Å². The highest BCUT2D eigenvalue weighted by molar-refractivity contribution is 6.07. The first-order valence-corrected chi connectivity index (χ1v) is 5.64. The molecule has 1 aromatic carbocycles. The van der Waals surface area contributed by atoms with Crippen LogP contribution in [0.15, 0.2) is 53.3 Å². The number of anilines is 1. The number of nitrogens with zero attached hydrogens (tertiary/aromatic N) is 1. The molecule has 3 aromatic rings. The van der Waals surface area contributed by atoms with Gasteiger partial charge in [-0.1, -0.05) is 12.1 Å². The Bertz CT molecular complexity index is 738. The standard InChI is InChI=1S/C14H9FN2O2/c15-10-4-1-3-9-11(6-7-16-13(9)10)17-14(18)12-5-2-8-19-12/h1-8H,(H,16,17,18). The van der Waals surface area contributed by atoms with Crippen LogP contribution < -0.4 is 5.32 Å². The van der Waals surface area contributed by atoms with Gasteiger partial charge in [0.1, 0.15) is 11.3 Å². The number of halogens is 1. The van der Waals surface area contributed by atoms with Crippen LogP contribution in [0.3, 0.4) is 0 Å². The number of nitrogens with one attached hydrogen (secondary N) is 1. The van der Waals surface area contributed by atoms with Crippen LogP contribution in [0.25, 0.3) is 10.9 Å². The molecule has 0 bridgehead atoms. The van der Waals surface area contributed by atoms with Crippen LogP contribution in [0.1, 0.15) is 10.6 Å². The van der Waals surface area contributed by atoms with E-state index < -0.39 is 5.82 Å². The van der Waals surface area contributed by atoms with E-state index in [1.165, 1.54) is 18.5 Å². The molecule has 1 amide bonds. The molecular weight excluding hydrogens is 247 g/mol. The molecule has 0 spiro atoms. The van der Waals surface area contributed by atoms with Gasteiger partial charge in [0, 0.05) is 11.6 Å². The number of hydrogen-bond acceptors (Lipinski definition) is 3. The van der Waals surface area contributed by atoms with Crippen molar-refractivity contribution < 1.29 is 13.6 Å². The van der Waals surface area contributed by atoms with Gasteiger partial charge in [0.05, 0.1) is 12.0 Å². The average molecular weight is 256 g/mol. The van der Waals surface area contributed by atoms with Crippen LogP contribution in [0.2, 0.25) is 0 Å². The predicted molar refractivity (Wildman–Crippen MR) is 68.4 cm³/mol. The zero-order valence-electron chi connectivity index (χ0n) is 9.76. The minimum absolute atomic E-state index is 0.196. The largest absolute Gasteiger partial charge is 0.459 e. The van der Waals surface area contributed by atoms with Crippen molar-refractivity contribution in [1.82, 2.24) is 4.98 Å². The second kappa shape index (κ2) is 4.53. The summed E-state index contributed by atoms with van der Waals surface area (Å²) in [5, 5.41) is 3.22. The number of para-hydroxylation sites is 1. The smallest absolute Gasteiger partial charge is 0.291 e. The molecule has 3 rings (SSSR count). The molecule has 0 saturated carbocycles. The third kappa shape index (κ3) is 2.06. The summed E-state index contributed by atoms with van der Waals surface area (Å²) in [6.07, 6.45) is 2.86. The topological polar surface area (TPSA) is 55.1 Å². The van der Waals surface area contributed by atoms with Crippen molar-refractivity contribution in [2.24, 2.45) is 0 Å². The Hall–Kier alpha value is -2.69. The van der Waals surface area contributed by atoms with Crippen molar-refractivity contribution in [2.75, 3.05) is 5.32 Å². The van der Waals surface area contributed by atoms with E-state index in [0.717, 1.165) is 0 Å². The molecule has 5 heteroatoms. The molecule has 0 radical (unpaired) electrons. The third-order valence-electron chi connectivity index (χ3n) is 2.71. The van der Waals surface area contributed by atoms with Gasteiger partial charge in [-0.2, -0.15) is 0 Å². The fourth-order valence-corrected chi connectivity index (χ4v) is 1.84. The molecule has 2 aromatic heterocycles. The number of pyridine rings is 1. The maximum atomic E-state index is 13.6. The average Bonchev–Trinajstić information content (AvgIpc) is 2.94. The van der Waals surface area contributed by atoms with Crippen LogP contribution in [0.5, 0.6) is 0 Å². The van der Waals surface area contributed by atoms with E-state index in [0.29, 0.717) is 11.1 Å². The third-order valence-corrected chi connectivity index (χ3v) is 2.71. The summed E-state index contributed by atoms with van der Waals surface area (Å²) in [4.78, 5) is 15.8. The highest BCUT2D eigenvalue weighted by Gasteiger charge is 2.12. The molecule has 0 aliphatic heterocycles. The number of furan rings is 1. The van der Waals surface area contributed by atoms with E-state index >= 15 is 0 Å². The quantitative estimate of drug-likeness (QED) is 0.765. The van der Waals surface area contributed by atoms with Crippen LogP contribution in [-0.4, -0.2) is 10.9 Å². The van der Waals surface area contributed by atoms with Gasteiger partial charge in [0.2, 0.25) is 0 Å². The van der Waals surface area contributed by atoms with Gasteiger partial charge in [-0.25, -0.2) is 4.39 Å². The van der Waals surface area contributed by atoms with Crippen molar-refractivity contribution >= 4 is 22.5 Å². The highest BCUT2D eigenvalue weighted by atomic mass is 19.1. The molecule has 0 aliphatic rings. The fourth-order valence-electron chi connectivity index (χ4n) is 1.84. The zero-order valence-corrected chi connectivity index (χ0v) is 9.76. The first-order chi connectivity index (χ1) is 9.25. The van der Waals surface area contributed by atoms with Crippen LogP contribution in [0.4, 0.5) is 10.1 Å². The summed E-state index contributed by atoms with van der Waals surface area (Å²) in [6, 6.07) is 9.39. The van der Waals surface area contributed by atoms with E-state index in [2.05, 4.69) is 10.3 Å².